The van der Waals surface area contributed by atoms with Gasteiger partial charge in [-0.05, 0) is 19.8 Å². The predicted octanol–water partition coefficient (Wildman–Crippen LogP) is 2.63. The first-order valence-corrected chi connectivity index (χ1v) is 7.14. The van der Waals surface area contributed by atoms with Crippen LogP contribution in [0.5, 0.6) is 0 Å². The highest BCUT2D eigenvalue weighted by molar-refractivity contribution is 7.09. The lowest BCUT2D eigenvalue weighted by Gasteiger charge is -2.31. The van der Waals surface area contributed by atoms with Crippen LogP contribution >= 0.6 is 11.3 Å². The summed E-state index contributed by atoms with van der Waals surface area (Å²) < 4.78 is 0. The Morgan fingerprint density at radius 1 is 1.28 bits per heavy atom. The van der Waals surface area contributed by atoms with Crippen LogP contribution in [-0.2, 0) is 0 Å². The smallest absolute Gasteiger partial charge is 0.147 e. The molecule has 0 bridgehead atoms. The first kappa shape index (κ1) is 11.6. The minimum atomic E-state index is 0.622. The number of aryl methyl sites for hydroxylation is 1. The van der Waals surface area contributed by atoms with E-state index in [1.165, 1.54) is 5.01 Å². The fourth-order valence-electron chi connectivity index (χ4n) is 2.37. The highest BCUT2D eigenvalue weighted by Crippen LogP contribution is 2.31. The van der Waals surface area contributed by atoms with E-state index in [1.807, 2.05) is 6.20 Å². The van der Waals surface area contributed by atoms with Crippen molar-refractivity contribution in [3.63, 3.8) is 0 Å². The Morgan fingerprint density at radius 3 is 2.72 bits per heavy atom. The van der Waals surface area contributed by atoms with Crippen molar-refractivity contribution in [2.24, 2.45) is 0 Å². The van der Waals surface area contributed by atoms with Crippen LogP contribution in [0.1, 0.15) is 29.5 Å². The third-order valence-electron chi connectivity index (χ3n) is 3.35. The summed E-state index contributed by atoms with van der Waals surface area (Å²) in [5.41, 5.74) is 1.14. The summed E-state index contributed by atoms with van der Waals surface area (Å²) in [5, 5.41) is 3.44. The summed E-state index contributed by atoms with van der Waals surface area (Å²) >= 11 is 1.80. The highest BCUT2D eigenvalue weighted by Gasteiger charge is 2.23. The van der Waals surface area contributed by atoms with Gasteiger partial charge in [0.15, 0.2) is 0 Å². The second-order valence-corrected chi connectivity index (χ2v) is 5.54. The van der Waals surface area contributed by atoms with Gasteiger partial charge in [-0.3, -0.25) is 4.98 Å². The number of hydrogen-bond acceptors (Lipinski definition) is 5. The van der Waals surface area contributed by atoms with E-state index >= 15 is 0 Å². The van der Waals surface area contributed by atoms with E-state index in [2.05, 4.69) is 32.2 Å². The Labute approximate surface area is 111 Å². The maximum absolute atomic E-state index is 4.60. The van der Waals surface area contributed by atoms with Crippen molar-refractivity contribution >= 4 is 17.2 Å². The Morgan fingerprint density at radius 2 is 2.11 bits per heavy atom. The van der Waals surface area contributed by atoms with E-state index in [9.17, 15) is 0 Å². The van der Waals surface area contributed by atoms with Crippen molar-refractivity contribution in [3.8, 4) is 0 Å². The average molecular weight is 260 g/mol. The maximum atomic E-state index is 4.60. The van der Waals surface area contributed by atoms with Gasteiger partial charge in [-0.25, -0.2) is 9.97 Å². The fourth-order valence-corrected chi connectivity index (χ4v) is 3.34. The lowest BCUT2D eigenvalue weighted by molar-refractivity contribution is 0.500. The van der Waals surface area contributed by atoms with Gasteiger partial charge in [-0.15, -0.1) is 11.3 Å². The molecule has 2 aromatic heterocycles. The van der Waals surface area contributed by atoms with Gasteiger partial charge in [0.2, 0.25) is 0 Å². The molecule has 0 aliphatic carbocycles. The molecule has 0 spiro atoms. The third kappa shape index (κ3) is 2.36. The van der Waals surface area contributed by atoms with Crippen molar-refractivity contribution in [2.75, 3.05) is 18.0 Å². The second-order valence-electron chi connectivity index (χ2n) is 4.65. The number of aromatic nitrogens is 3. The Balaban J connectivity index is 1.65. The number of hydrogen-bond donors (Lipinski definition) is 0. The van der Waals surface area contributed by atoms with Crippen LogP contribution in [-0.4, -0.2) is 28.0 Å². The molecule has 1 aliphatic heterocycles. The molecular formula is C13H16N4S. The van der Waals surface area contributed by atoms with Gasteiger partial charge in [0.1, 0.15) is 5.82 Å². The van der Waals surface area contributed by atoms with Crippen LogP contribution in [0.15, 0.2) is 24.0 Å². The summed E-state index contributed by atoms with van der Waals surface area (Å²) in [4.78, 5) is 15.4. The van der Waals surface area contributed by atoms with Gasteiger partial charge in [0.25, 0.3) is 0 Å². The monoisotopic (exact) mass is 260 g/mol. The SMILES string of the molecule is Cc1csc(C2CCN(c3cnccn3)CC2)n1. The second kappa shape index (κ2) is 5.02. The Kier molecular flexibility index (Phi) is 3.23. The van der Waals surface area contributed by atoms with Gasteiger partial charge in [0.05, 0.1) is 11.2 Å². The maximum Gasteiger partial charge on any atom is 0.147 e. The molecule has 18 heavy (non-hydrogen) atoms. The number of piperidine rings is 1. The van der Waals surface area contributed by atoms with Gasteiger partial charge in [-0.1, -0.05) is 0 Å². The van der Waals surface area contributed by atoms with Crippen LogP contribution in [0.25, 0.3) is 0 Å². The fraction of sp³-hybridized carbons (Fsp3) is 0.462. The first-order valence-electron chi connectivity index (χ1n) is 6.26. The van der Waals surface area contributed by atoms with Crippen molar-refractivity contribution < 1.29 is 0 Å². The van der Waals surface area contributed by atoms with Crippen molar-refractivity contribution in [2.45, 2.75) is 25.7 Å². The molecule has 1 aliphatic rings. The molecule has 0 amide bonds. The van der Waals surface area contributed by atoms with Crippen LogP contribution in [0.2, 0.25) is 0 Å². The van der Waals surface area contributed by atoms with E-state index in [4.69, 9.17) is 0 Å². The molecule has 4 nitrogen and oxygen atoms in total. The summed E-state index contributed by atoms with van der Waals surface area (Å²) in [5.74, 6) is 1.61. The Hall–Kier alpha value is -1.49. The summed E-state index contributed by atoms with van der Waals surface area (Å²) in [6.07, 6.45) is 7.63. The lowest BCUT2D eigenvalue weighted by Crippen LogP contribution is -2.33. The minimum Gasteiger partial charge on any atom is -0.355 e. The largest absolute Gasteiger partial charge is 0.355 e. The van der Waals surface area contributed by atoms with Crippen molar-refractivity contribution in [1.82, 2.24) is 15.0 Å². The van der Waals surface area contributed by atoms with Gasteiger partial charge in [0, 0.05) is 42.5 Å². The third-order valence-corrected chi connectivity index (χ3v) is 4.48. The summed E-state index contributed by atoms with van der Waals surface area (Å²) in [6, 6.07) is 0. The number of nitrogens with zero attached hydrogens (tertiary/aromatic N) is 4. The molecule has 0 radical (unpaired) electrons. The molecule has 5 heteroatoms. The van der Waals surface area contributed by atoms with E-state index in [0.717, 1.165) is 37.4 Å². The number of anilines is 1. The van der Waals surface area contributed by atoms with E-state index in [-0.39, 0.29) is 0 Å². The van der Waals surface area contributed by atoms with E-state index in [0.29, 0.717) is 5.92 Å². The zero-order valence-corrected chi connectivity index (χ0v) is 11.2. The average Bonchev–Trinajstić information content (AvgIpc) is 2.87. The molecule has 0 N–H and O–H groups in total. The van der Waals surface area contributed by atoms with Gasteiger partial charge >= 0.3 is 0 Å². The molecule has 0 atom stereocenters. The molecule has 94 valence electrons. The quantitative estimate of drug-likeness (QED) is 0.832. The zero-order chi connectivity index (χ0) is 12.4. The molecule has 1 fully saturated rings. The Bertz CT molecular complexity index is 503. The van der Waals surface area contributed by atoms with Crippen LogP contribution < -0.4 is 4.90 Å². The number of rotatable bonds is 2. The topological polar surface area (TPSA) is 41.9 Å². The minimum absolute atomic E-state index is 0.622. The molecule has 2 aromatic rings. The van der Waals surface area contributed by atoms with Crippen LogP contribution in [0.4, 0.5) is 5.82 Å². The van der Waals surface area contributed by atoms with E-state index < -0.39 is 0 Å². The molecule has 0 saturated carbocycles. The number of thiazole rings is 1. The first-order chi connectivity index (χ1) is 8.83. The van der Waals surface area contributed by atoms with Crippen LogP contribution in [0, 0.1) is 6.92 Å². The van der Waals surface area contributed by atoms with Gasteiger partial charge < -0.3 is 4.90 Å². The van der Waals surface area contributed by atoms with Crippen molar-refractivity contribution in [3.05, 3.63) is 34.7 Å². The lowest BCUT2D eigenvalue weighted by atomic mass is 9.97. The highest BCUT2D eigenvalue weighted by atomic mass is 32.1. The summed E-state index contributed by atoms with van der Waals surface area (Å²) in [7, 11) is 0. The molecule has 3 rings (SSSR count). The standard InChI is InChI=1S/C13H16N4S/c1-10-9-18-13(16-10)11-2-6-17(7-3-11)12-8-14-4-5-15-12/h4-5,8-9,11H,2-3,6-7H2,1H3. The zero-order valence-electron chi connectivity index (χ0n) is 10.4. The van der Waals surface area contributed by atoms with Crippen molar-refractivity contribution in [1.29, 1.82) is 0 Å². The normalized spacial score (nSPS) is 17.1. The molecular weight excluding hydrogens is 244 g/mol. The molecule has 1 saturated heterocycles. The molecule has 0 unspecified atom stereocenters. The predicted molar refractivity (Wildman–Crippen MR) is 73.1 cm³/mol. The molecule has 3 heterocycles. The molecule has 0 aromatic carbocycles. The van der Waals surface area contributed by atoms with Gasteiger partial charge in [-0.2, -0.15) is 0 Å². The summed E-state index contributed by atoms with van der Waals surface area (Å²) in [6.45, 7) is 4.15. The van der Waals surface area contributed by atoms with Crippen LogP contribution in [0.3, 0.4) is 0 Å². The van der Waals surface area contributed by atoms with E-state index in [1.54, 1.807) is 23.7 Å².